The van der Waals surface area contributed by atoms with Crippen LogP contribution in [0.25, 0.3) is 11.0 Å². The van der Waals surface area contributed by atoms with E-state index >= 15 is 0 Å². The average Bonchev–Trinajstić information content (AvgIpc) is 2.73. The van der Waals surface area contributed by atoms with Crippen molar-refractivity contribution in [3.63, 3.8) is 0 Å². The van der Waals surface area contributed by atoms with Crippen molar-refractivity contribution < 1.29 is 23.6 Å². The standard InChI is InChI=1S/C19H15FN4O5S/c1-11(19(26)22-12-6-7-13(20)16(8-12)24(27)28)29-18(25)10-30-17-9-21-14-4-2-3-5-15(14)23-17/h2-9,11H,10H2,1H3,(H,22,26). The van der Waals surface area contributed by atoms with Gasteiger partial charge in [-0.1, -0.05) is 23.9 Å². The summed E-state index contributed by atoms with van der Waals surface area (Å²) in [5, 5.41) is 13.6. The summed E-state index contributed by atoms with van der Waals surface area (Å²) in [5.41, 5.74) is 0.662. The number of esters is 1. The molecule has 1 amide bonds. The predicted molar refractivity (Wildman–Crippen MR) is 108 cm³/mol. The Morgan fingerprint density at radius 2 is 2.00 bits per heavy atom. The fraction of sp³-hybridized carbons (Fsp3) is 0.158. The topological polar surface area (TPSA) is 124 Å². The quantitative estimate of drug-likeness (QED) is 0.262. The molecule has 3 aromatic rings. The first-order valence-electron chi connectivity index (χ1n) is 8.62. The Hall–Kier alpha value is -3.60. The maximum Gasteiger partial charge on any atom is 0.317 e. The molecule has 0 bridgehead atoms. The molecule has 11 heteroatoms. The van der Waals surface area contributed by atoms with E-state index in [2.05, 4.69) is 15.3 Å². The van der Waals surface area contributed by atoms with Crippen LogP contribution in [0.1, 0.15) is 6.92 Å². The van der Waals surface area contributed by atoms with Crippen LogP contribution in [0.4, 0.5) is 15.8 Å². The summed E-state index contributed by atoms with van der Waals surface area (Å²) in [6, 6.07) is 10.2. The zero-order valence-electron chi connectivity index (χ0n) is 15.6. The Morgan fingerprint density at radius 1 is 1.27 bits per heavy atom. The second-order valence-corrected chi connectivity index (χ2v) is 7.03. The molecule has 0 radical (unpaired) electrons. The molecule has 1 N–H and O–H groups in total. The summed E-state index contributed by atoms with van der Waals surface area (Å²) >= 11 is 1.11. The minimum absolute atomic E-state index is 0.0109. The molecule has 1 aromatic heterocycles. The number of halogens is 1. The van der Waals surface area contributed by atoms with Crippen LogP contribution in [0.2, 0.25) is 0 Å². The van der Waals surface area contributed by atoms with Gasteiger partial charge in [0.25, 0.3) is 5.91 Å². The van der Waals surface area contributed by atoms with Crippen molar-refractivity contribution in [3.05, 3.63) is 64.6 Å². The molecule has 0 saturated carbocycles. The van der Waals surface area contributed by atoms with Crippen molar-refractivity contribution in [1.82, 2.24) is 9.97 Å². The average molecular weight is 430 g/mol. The van der Waals surface area contributed by atoms with Crippen LogP contribution >= 0.6 is 11.8 Å². The van der Waals surface area contributed by atoms with Crippen LogP contribution in [0.3, 0.4) is 0 Å². The highest BCUT2D eigenvalue weighted by Crippen LogP contribution is 2.22. The van der Waals surface area contributed by atoms with Gasteiger partial charge in [0.15, 0.2) is 6.10 Å². The maximum atomic E-state index is 13.4. The molecule has 0 aliphatic carbocycles. The maximum absolute atomic E-state index is 13.4. The van der Waals surface area contributed by atoms with Crippen molar-refractivity contribution in [2.24, 2.45) is 0 Å². The van der Waals surface area contributed by atoms with Gasteiger partial charge in [0.05, 0.1) is 27.9 Å². The summed E-state index contributed by atoms with van der Waals surface area (Å²) in [5.74, 6) is -2.47. The number of hydrogen-bond acceptors (Lipinski definition) is 8. The molecule has 1 atom stereocenters. The third kappa shape index (κ3) is 5.26. The Bertz CT molecular complexity index is 1130. The van der Waals surface area contributed by atoms with Crippen LogP contribution < -0.4 is 5.32 Å². The first-order valence-corrected chi connectivity index (χ1v) is 9.61. The lowest BCUT2D eigenvalue weighted by Gasteiger charge is -2.13. The third-order valence-corrected chi connectivity index (χ3v) is 4.72. The van der Waals surface area contributed by atoms with Crippen LogP contribution in [0.5, 0.6) is 0 Å². The largest absolute Gasteiger partial charge is 0.452 e. The number of aromatic nitrogens is 2. The van der Waals surface area contributed by atoms with E-state index in [1.165, 1.54) is 19.2 Å². The summed E-state index contributed by atoms with van der Waals surface area (Å²) in [6.07, 6.45) is 0.377. The number of carbonyl (C=O) groups excluding carboxylic acids is 2. The Labute approximate surface area is 173 Å². The number of ether oxygens (including phenoxy) is 1. The minimum atomic E-state index is -1.16. The fourth-order valence-corrected chi connectivity index (χ4v) is 3.03. The molecule has 30 heavy (non-hydrogen) atoms. The molecule has 154 valence electrons. The van der Waals surface area contributed by atoms with E-state index in [1.54, 1.807) is 6.07 Å². The van der Waals surface area contributed by atoms with Gasteiger partial charge in [0, 0.05) is 11.8 Å². The molecule has 1 unspecified atom stereocenters. The van der Waals surface area contributed by atoms with Gasteiger partial charge in [0.2, 0.25) is 5.82 Å². The summed E-state index contributed by atoms with van der Waals surface area (Å²) in [7, 11) is 0. The van der Waals surface area contributed by atoms with E-state index < -0.39 is 34.4 Å². The highest BCUT2D eigenvalue weighted by atomic mass is 32.2. The van der Waals surface area contributed by atoms with Gasteiger partial charge in [-0.15, -0.1) is 0 Å². The number of anilines is 1. The number of nitro benzene ring substituents is 1. The van der Waals surface area contributed by atoms with E-state index in [0.717, 1.165) is 29.4 Å². The highest BCUT2D eigenvalue weighted by Gasteiger charge is 2.20. The lowest BCUT2D eigenvalue weighted by atomic mass is 10.2. The number of nitrogens with zero attached hydrogens (tertiary/aromatic N) is 3. The summed E-state index contributed by atoms with van der Waals surface area (Å²) < 4.78 is 18.4. The molecule has 3 rings (SSSR count). The Balaban J connectivity index is 1.53. The van der Waals surface area contributed by atoms with Crippen molar-refractivity contribution in [2.45, 2.75) is 18.1 Å². The first kappa shape index (κ1) is 21.1. The van der Waals surface area contributed by atoms with E-state index in [1.807, 2.05) is 18.2 Å². The zero-order valence-corrected chi connectivity index (χ0v) is 16.4. The predicted octanol–water partition coefficient (Wildman–Crippen LogP) is 3.34. The highest BCUT2D eigenvalue weighted by molar-refractivity contribution is 7.99. The number of thioether (sulfide) groups is 1. The van der Waals surface area contributed by atoms with Gasteiger partial charge in [-0.05, 0) is 31.2 Å². The van der Waals surface area contributed by atoms with Crippen molar-refractivity contribution in [2.75, 3.05) is 11.1 Å². The van der Waals surface area contributed by atoms with Gasteiger partial charge in [-0.25, -0.2) is 4.98 Å². The molecular weight excluding hydrogens is 415 g/mol. The third-order valence-electron chi connectivity index (χ3n) is 3.85. The fourth-order valence-electron chi connectivity index (χ4n) is 2.40. The molecule has 1 heterocycles. The van der Waals surface area contributed by atoms with Crippen molar-refractivity contribution in [3.8, 4) is 0 Å². The lowest BCUT2D eigenvalue weighted by Crippen LogP contribution is -2.30. The molecule has 9 nitrogen and oxygen atoms in total. The second kappa shape index (κ2) is 9.27. The number of para-hydroxylation sites is 2. The number of carbonyl (C=O) groups is 2. The monoisotopic (exact) mass is 430 g/mol. The number of hydrogen-bond donors (Lipinski definition) is 1. The van der Waals surface area contributed by atoms with E-state index in [9.17, 15) is 24.1 Å². The van der Waals surface area contributed by atoms with E-state index in [-0.39, 0.29) is 11.4 Å². The van der Waals surface area contributed by atoms with Gasteiger partial charge in [-0.3, -0.25) is 24.7 Å². The van der Waals surface area contributed by atoms with Crippen LogP contribution in [0, 0.1) is 15.9 Å². The van der Waals surface area contributed by atoms with Crippen molar-refractivity contribution >= 4 is 46.0 Å². The lowest BCUT2D eigenvalue weighted by molar-refractivity contribution is -0.387. The van der Waals surface area contributed by atoms with Gasteiger partial charge >= 0.3 is 11.7 Å². The molecule has 0 spiro atoms. The van der Waals surface area contributed by atoms with Crippen LogP contribution in [0.15, 0.2) is 53.7 Å². The minimum Gasteiger partial charge on any atom is -0.452 e. The number of amides is 1. The normalized spacial score (nSPS) is 11.7. The van der Waals surface area contributed by atoms with Crippen LogP contribution in [-0.2, 0) is 14.3 Å². The summed E-state index contributed by atoms with van der Waals surface area (Å²) in [6.45, 7) is 1.35. The second-order valence-electron chi connectivity index (χ2n) is 6.03. The summed E-state index contributed by atoms with van der Waals surface area (Å²) in [4.78, 5) is 42.7. The number of benzene rings is 2. The van der Waals surface area contributed by atoms with Gasteiger partial charge in [-0.2, -0.15) is 4.39 Å². The molecule has 0 aliphatic rings. The first-order chi connectivity index (χ1) is 14.3. The molecule has 0 saturated heterocycles. The van der Waals surface area contributed by atoms with Gasteiger partial charge < -0.3 is 10.1 Å². The number of rotatable bonds is 7. The van der Waals surface area contributed by atoms with Crippen LogP contribution in [-0.4, -0.2) is 38.6 Å². The number of fused-ring (bicyclic) bond motifs is 1. The molecule has 2 aromatic carbocycles. The number of nitro groups is 1. The molecule has 0 aliphatic heterocycles. The van der Waals surface area contributed by atoms with Crippen molar-refractivity contribution in [1.29, 1.82) is 0 Å². The van der Waals surface area contributed by atoms with E-state index in [4.69, 9.17) is 4.74 Å². The molecule has 0 fully saturated rings. The Morgan fingerprint density at radius 3 is 2.73 bits per heavy atom. The number of nitrogens with one attached hydrogen (secondary N) is 1. The smallest absolute Gasteiger partial charge is 0.317 e. The zero-order chi connectivity index (χ0) is 21.7. The Kier molecular flexibility index (Phi) is 6.52. The van der Waals surface area contributed by atoms with Gasteiger partial charge in [0.1, 0.15) is 5.03 Å². The van der Waals surface area contributed by atoms with E-state index in [0.29, 0.717) is 10.5 Å². The SMILES string of the molecule is CC(OC(=O)CSc1cnc2ccccc2n1)C(=O)Nc1ccc(F)c([N+](=O)[O-])c1. The molecular formula is C19H15FN4O5S.